The Morgan fingerprint density at radius 1 is 1.00 bits per heavy atom. The normalized spacial score (nSPS) is 10.5. The highest BCUT2D eigenvalue weighted by molar-refractivity contribution is 5.77. The Bertz CT molecular complexity index is 740. The Morgan fingerprint density at radius 2 is 1.63 bits per heavy atom. The minimum absolute atomic E-state index is 0.620. The third-order valence-electron chi connectivity index (χ3n) is 3.60. The zero-order chi connectivity index (χ0) is 20.5. The first-order chi connectivity index (χ1) is 13.3. The fraction of sp³-hybridized carbons (Fsp3) is 0.160. The number of hydrogen-bond donors (Lipinski definition) is 2. The van der Waals surface area contributed by atoms with Crippen LogP contribution >= 0.6 is 0 Å². The molecule has 27 heavy (non-hydrogen) atoms. The highest BCUT2D eigenvalue weighted by Crippen LogP contribution is 2.23. The van der Waals surface area contributed by atoms with Crippen molar-refractivity contribution in [2.75, 3.05) is 6.54 Å². The maximum atomic E-state index is 7.38. The molecule has 0 unspecified atom stereocenters. The molecule has 0 aliphatic rings. The van der Waals surface area contributed by atoms with Gasteiger partial charge in [0.05, 0.1) is 0 Å². The maximum Gasteiger partial charge on any atom is 0.0416 e. The van der Waals surface area contributed by atoms with Crippen molar-refractivity contribution in [3.05, 3.63) is 104 Å². The number of rotatable bonds is 7. The Labute approximate surface area is 165 Å². The van der Waals surface area contributed by atoms with E-state index in [-0.39, 0.29) is 0 Å². The standard InChI is InChI=1S/C21H22N2.C2H6.C2H4/c1-3-9-21(23-16-17(4-2)15-22)20-13-8-12-19(14-20)18-10-6-5-7-11-18;2*1-2/h3-15,22-23H,1,16H2,2H3;1-2H3;1-2H2/b17-4+,21-9-,22-15?;;. The van der Waals surface area contributed by atoms with E-state index in [0.717, 1.165) is 16.8 Å². The summed E-state index contributed by atoms with van der Waals surface area (Å²) in [4.78, 5) is 0. The van der Waals surface area contributed by atoms with Gasteiger partial charge in [0.2, 0.25) is 0 Å². The van der Waals surface area contributed by atoms with Gasteiger partial charge in [0.15, 0.2) is 0 Å². The molecule has 0 spiro atoms. The average molecular weight is 361 g/mol. The number of benzene rings is 2. The van der Waals surface area contributed by atoms with Gasteiger partial charge >= 0.3 is 0 Å². The van der Waals surface area contributed by atoms with E-state index in [2.05, 4.69) is 61.5 Å². The zero-order valence-electron chi connectivity index (χ0n) is 16.8. The van der Waals surface area contributed by atoms with Gasteiger partial charge in [0.1, 0.15) is 0 Å². The maximum absolute atomic E-state index is 7.38. The van der Waals surface area contributed by atoms with E-state index in [9.17, 15) is 0 Å². The summed E-state index contributed by atoms with van der Waals surface area (Å²) in [5.74, 6) is 0. The second-order valence-electron chi connectivity index (χ2n) is 5.12. The highest BCUT2D eigenvalue weighted by Gasteiger charge is 2.04. The van der Waals surface area contributed by atoms with Crippen molar-refractivity contribution in [1.29, 1.82) is 5.41 Å². The van der Waals surface area contributed by atoms with E-state index in [1.54, 1.807) is 6.08 Å². The van der Waals surface area contributed by atoms with Crippen LogP contribution in [0.1, 0.15) is 26.3 Å². The molecule has 2 aromatic carbocycles. The van der Waals surface area contributed by atoms with Crippen molar-refractivity contribution >= 4 is 11.9 Å². The van der Waals surface area contributed by atoms with E-state index in [4.69, 9.17) is 5.41 Å². The Balaban J connectivity index is 0.00000158. The quantitative estimate of drug-likeness (QED) is 0.314. The van der Waals surface area contributed by atoms with Crippen LogP contribution in [0.2, 0.25) is 0 Å². The van der Waals surface area contributed by atoms with Crippen molar-refractivity contribution < 1.29 is 0 Å². The molecule has 0 atom stereocenters. The Morgan fingerprint density at radius 3 is 2.19 bits per heavy atom. The van der Waals surface area contributed by atoms with Gasteiger partial charge in [-0.05, 0) is 41.3 Å². The third-order valence-corrected chi connectivity index (χ3v) is 3.60. The molecule has 0 radical (unpaired) electrons. The van der Waals surface area contributed by atoms with Gasteiger partial charge in [-0.2, -0.15) is 0 Å². The SMILES string of the molecule is C=C.C=C/C=C(\NC/C(C=N)=C/C)c1cccc(-c2ccccc2)c1.CC. The van der Waals surface area contributed by atoms with Gasteiger partial charge in [-0.1, -0.05) is 81.1 Å². The molecule has 0 aliphatic carbocycles. The van der Waals surface area contributed by atoms with Gasteiger partial charge in [-0.25, -0.2) is 0 Å². The van der Waals surface area contributed by atoms with Crippen LogP contribution in [0.5, 0.6) is 0 Å². The number of allylic oxidation sites excluding steroid dienone is 3. The summed E-state index contributed by atoms with van der Waals surface area (Å²) < 4.78 is 0. The predicted octanol–water partition coefficient (Wildman–Crippen LogP) is 6.89. The Kier molecular flexibility index (Phi) is 13.4. The molecule has 0 saturated heterocycles. The smallest absolute Gasteiger partial charge is 0.0416 e. The molecule has 0 aromatic heterocycles. The molecule has 2 N–H and O–H groups in total. The lowest BCUT2D eigenvalue weighted by atomic mass is 10.0. The van der Waals surface area contributed by atoms with Gasteiger partial charge in [-0.15, -0.1) is 13.2 Å². The molecule has 0 fully saturated rings. The summed E-state index contributed by atoms with van der Waals surface area (Å²) in [5.41, 5.74) is 5.42. The molecule has 0 aliphatic heterocycles. The first kappa shape index (κ1) is 23.9. The van der Waals surface area contributed by atoms with Crippen molar-refractivity contribution in [2.24, 2.45) is 0 Å². The predicted molar refractivity (Wildman–Crippen MR) is 123 cm³/mol. The van der Waals surface area contributed by atoms with Crippen LogP contribution in [0.3, 0.4) is 0 Å². The first-order valence-corrected chi connectivity index (χ1v) is 9.16. The molecular weight excluding hydrogens is 328 g/mol. The van der Waals surface area contributed by atoms with Crippen LogP contribution in [0.25, 0.3) is 16.8 Å². The molecule has 2 rings (SSSR count). The summed E-state index contributed by atoms with van der Waals surface area (Å²) in [5, 5.41) is 10.8. The van der Waals surface area contributed by atoms with Gasteiger partial charge in [0, 0.05) is 18.5 Å². The molecule has 2 aromatic rings. The lowest BCUT2D eigenvalue weighted by molar-refractivity contribution is 0.986. The van der Waals surface area contributed by atoms with E-state index >= 15 is 0 Å². The first-order valence-electron chi connectivity index (χ1n) is 9.16. The van der Waals surface area contributed by atoms with Crippen LogP contribution in [0.4, 0.5) is 0 Å². The van der Waals surface area contributed by atoms with Crippen LogP contribution in [0.15, 0.2) is 98.1 Å². The van der Waals surface area contributed by atoms with Crippen LogP contribution < -0.4 is 5.32 Å². The molecule has 0 heterocycles. The molecular formula is C25H32N2. The fourth-order valence-electron chi connectivity index (χ4n) is 2.31. The fourth-order valence-corrected chi connectivity index (χ4v) is 2.31. The second-order valence-corrected chi connectivity index (χ2v) is 5.12. The minimum atomic E-state index is 0.620. The minimum Gasteiger partial charge on any atom is -0.380 e. The van der Waals surface area contributed by atoms with E-state index in [1.165, 1.54) is 17.3 Å². The van der Waals surface area contributed by atoms with E-state index < -0.39 is 0 Å². The summed E-state index contributed by atoms with van der Waals surface area (Å²) in [6, 6.07) is 18.7. The van der Waals surface area contributed by atoms with Crippen molar-refractivity contribution in [3.8, 4) is 11.1 Å². The topological polar surface area (TPSA) is 35.9 Å². The monoisotopic (exact) mass is 360 g/mol. The molecule has 0 saturated carbocycles. The summed E-state index contributed by atoms with van der Waals surface area (Å²) in [7, 11) is 0. The van der Waals surface area contributed by atoms with Gasteiger partial charge < -0.3 is 10.7 Å². The summed E-state index contributed by atoms with van der Waals surface area (Å²) in [6.07, 6.45) is 7.05. The molecule has 2 nitrogen and oxygen atoms in total. The molecule has 0 amide bonds. The van der Waals surface area contributed by atoms with E-state index in [0.29, 0.717) is 6.54 Å². The van der Waals surface area contributed by atoms with Crippen LogP contribution in [-0.4, -0.2) is 12.8 Å². The van der Waals surface area contributed by atoms with Crippen molar-refractivity contribution in [1.82, 2.24) is 5.32 Å². The lowest BCUT2D eigenvalue weighted by Crippen LogP contribution is -2.16. The van der Waals surface area contributed by atoms with E-state index in [1.807, 2.05) is 51.1 Å². The summed E-state index contributed by atoms with van der Waals surface area (Å²) >= 11 is 0. The van der Waals surface area contributed by atoms with Gasteiger partial charge in [0.25, 0.3) is 0 Å². The zero-order valence-corrected chi connectivity index (χ0v) is 16.8. The second kappa shape index (κ2) is 15.2. The van der Waals surface area contributed by atoms with Crippen LogP contribution in [-0.2, 0) is 0 Å². The average Bonchev–Trinajstić information content (AvgIpc) is 2.77. The van der Waals surface area contributed by atoms with Crippen molar-refractivity contribution in [3.63, 3.8) is 0 Å². The lowest BCUT2D eigenvalue weighted by Gasteiger charge is -2.13. The largest absolute Gasteiger partial charge is 0.380 e. The summed E-state index contributed by atoms with van der Waals surface area (Å²) in [6.45, 7) is 16.4. The highest BCUT2D eigenvalue weighted by atomic mass is 14.9. The Hall–Kier alpha value is -3.13. The van der Waals surface area contributed by atoms with Gasteiger partial charge in [-0.3, -0.25) is 0 Å². The van der Waals surface area contributed by atoms with Crippen LogP contribution in [0, 0.1) is 5.41 Å². The number of nitrogens with one attached hydrogen (secondary N) is 2. The molecule has 2 heteroatoms. The molecule has 142 valence electrons. The molecule has 0 bridgehead atoms. The number of hydrogen-bond acceptors (Lipinski definition) is 2. The third kappa shape index (κ3) is 8.19. The van der Waals surface area contributed by atoms with Crippen molar-refractivity contribution in [2.45, 2.75) is 20.8 Å².